The van der Waals surface area contributed by atoms with Gasteiger partial charge in [-0.1, -0.05) is 6.42 Å². The molecule has 2 aromatic rings. The van der Waals surface area contributed by atoms with E-state index in [1.165, 1.54) is 22.6 Å². The minimum absolute atomic E-state index is 0.248. The van der Waals surface area contributed by atoms with Gasteiger partial charge in [-0.2, -0.15) is 10.5 Å². The van der Waals surface area contributed by atoms with E-state index in [1.54, 1.807) is 24.3 Å². The summed E-state index contributed by atoms with van der Waals surface area (Å²) in [6.45, 7) is 0. The molecule has 0 radical (unpaired) electrons. The van der Waals surface area contributed by atoms with E-state index >= 15 is 0 Å². The lowest BCUT2D eigenvalue weighted by Gasteiger charge is -2.04. The first-order valence-corrected chi connectivity index (χ1v) is 8.40. The van der Waals surface area contributed by atoms with Crippen LogP contribution < -0.4 is 5.32 Å². The highest BCUT2D eigenvalue weighted by Gasteiger charge is 2.21. The lowest BCUT2D eigenvalue weighted by molar-refractivity contribution is 0.102. The third kappa shape index (κ3) is 3.11. The highest BCUT2D eigenvalue weighted by Crippen LogP contribution is 2.37. The fourth-order valence-corrected chi connectivity index (χ4v) is 4.06. The van der Waals surface area contributed by atoms with Crippen LogP contribution in [0.2, 0.25) is 0 Å². The molecule has 1 aliphatic carbocycles. The lowest BCUT2D eigenvalue weighted by atomic mass is 10.1. The summed E-state index contributed by atoms with van der Waals surface area (Å²) in [5.74, 6) is -0.248. The topological polar surface area (TPSA) is 76.7 Å². The highest BCUT2D eigenvalue weighted by atomic mass is 32.1. The summed E-state index contributed by atoms with van der Waals surface area (Å²) in [6.07, 6.45) is 5.34. The zero-order valence-corrected chi connectivity index (χ0v) is 13.4. The Hall–Kier alpha value is -2.63. The minimum Gasteiger partial charge on any atom is -0.312 e. The molecule has 0 bridgehead atoms. The Balaban J connectivity index is 1.86. The van der Waals surface area contributed by atoms with Crippen LogP contribution in [0, 0.1) is 22.7 Å². The van der Waals surface area contributed by atoms with Gasteiger partial charge in [0.15, 0.2) is 0 Å². The fraction of sp³-hybridized carbons (Fsp3) is 0.278. The van der Waals surface area contributed by atoms with E-state index in [-0.39, 0.29) is 5.91 Å². The molecule has 114 valence electrons. The normalized spacial score (nSPS) is 13.3. The molecule has 1 amide bonds. The Morgan fingerprint density at radius 3 is 2.48 bits per heavy atom. The molecule has 0 fully saturated rings. The van der Waals surface area contributed by atoms with Gasteiger partial charge in [-0.15, -0.1) is 11.3 Å². The van der Waals surface area contributed by atoms with Crippen LogP contribution in [0.3, 0.4) is 0 Å². The second kappa shape index (κ2) is 6.64. The first-order valence-electron chi connectivity index (χ1n) is 7.59. The molecule has 4 nitrogen and oxygen atoms in total. The number of aryl methyl sites for hydroxylation is 1. The molecule has 1 aromatic heterocycles. The van der Waals surface area contributed by atoms with Crippen molar-refractivity contribution < 1.29 is 4.79 Å². The molecule has 5 heteroatoms. The van der Waals surface area contributed by atoms with E-state index in [4.69, 9.17) is 5.26 Å². The van der Waals surface area contributed by atoms with Crippen molar-refractivity contribution in [3.63, 3.8) is 0 Å². The standard InChI is InChI=1S/C18H15N3OS/c19-10-12-6-8-13(9-7-12)17(22)21-18-15(11-20)14-4-2-1-3-5-16(14)23-18/h6-9H,1-5H2,(H,21,22). The van der Waals surface area contributed by atoms with Crippen molar-refractivity contribution in [2.24, 2.45) is 0 Å². The first kappa shape index (κ1) is 15.3. The highest BCUT2D eigenvalue weighted by molar-refractivity contribution is 7.16. The number of rotatable bonds is 2. The molecule has 23 heavy (non-hydrogen) atoms. The van der Waals surface area contributed by atoms with E-state index in [0.717, 1.165) is 31.2 Å². The molecule has 3 rings (SSSR count). The van der Waals surface area contributed by atoms with Crippen LogP contribution in [0.4, 0.5) is 5.00 Å². The molecule has 0 unspecified atom stereocenters. The van der Waals surface area contributed by atoms with Crippen molar-refractivity contribution in [2.75, 3.05) is 5.32 Å². The molecule has 0 spiro atoms. The minimum atomic E-state index is -0.248. The van der Waals surface area contributed by atoms with E-state index in [1.807, 2.05) is 6.07 Å². The Bertz CT molecular complexity index is 822. The van der Waals surface area contributed by atoms with Gasteiger partial charge in [0, 0.05) is 10.4 Å². The van der Waals surface area contributed by atoms with Crippen molar-refractivity contribution in [2.45, 2.75) is 32.1 Å². The number of nitrogens with zero attached hydrogens (tertiary/aromatic N) is 2. The molecule has 1 aromatic carbocycles. The van der Waals surface area contributed by atoms with Gasteiger partial charge < -0.3 is 5.32 Å². The molecular weight excluding hydrogens is 306 g/mol. The number of hydrogen-bond donors (Lipinski definition) is 1. The SMILES string of the molecule is N#Cc1ccc(C(=O)Nc2sc3c(c2C#N)CCCCC3)cc1. The molecule has 0 saturated heterocycles. The van der Waals surface area contributed by atoms with Crippen LogP contribution in [-0.4, -0.2) is 5.91 Å². The number of thiophene rings is 1. The van der Waals surface area contributed by atoms with Gasteiger partial charge in [-0.05, 0) is 55.5 Å². The van der Waals surface area contributed by atoms with Crippen molar-refractivity contribution in [3.05, 3.63) is 51.4 Å². The Kier molecular flexibility index (Phi) is 4.41. The van der Waals surface area contributed by atoms with Crippen LogP contribution in [0.5, 0.6) is 0 Å². The van der Waals surface area contributed by atoms with Gasteiger partial charge in [-0.3, -0.25) is 4.79 Å². The quantitative estimate of drug-likeness (QED) is 0.849. The molecule has 1 heterocycles. The zero-order valence-electron chi connectivity index (χ0n) is 12.6. The zero-order chi connectivity index (χ0) is 16.2. The Morgan fingerprint density at radius 1 is 1.04 bits per heavy atom. The number of hydrogen-bond acceptors (Lipinski definition) is 4. The second-order valence-corrected chi connectivity index (χ2v) is 6.63. The summed E-state index contributed by atoms with van der Waals surface area (Å²) in [4.78, 5) is 13.6. The summed E-state index contributed by atoms with van der Waals surface area (Å²) < 4.78 is 0. The molecule has 0 aliphatic heterocycles. The van der Waals surface area contributed by atoms with Crippen molar-refractivity contribution in [3.8, 4) is 12.1 Å². The maximum atomic E-state index is 12.4. The van der Waals surface area contributed by atoms with Gasteiger partial charge in [0.25, 0.3) is 5.91 Å². The summed E-state index contributed by atoms with van der Waals surface area (Å²) in [5, 5.41) is 21.8. The fourth-order valence-electron chi connectivity index (χ4n) is 2.82. The van der Waals surface area contributed by atoms with Gasteiger partial charge in [0.1, 0.15) is 11.1 Å². The van der Waals surface area contributed by atoms with E-state index in [2.05, 4.69) is 11.4 Å². The van der Waals surface area contributed by atoms with Crippen LogP contribution in [0.1, 0.15) is 51.2 Å². The summed E-state index contributed by atoms with van der Waals surface area (Å²) in [5.41, 5.74) is 2.73. The Labute approximate surface area is 139 Å². The average molecular weight is 321 g/mol. The summed E-state index contributed by atoms with van der Waals surface area (Å²) in [7, 11) is 0. The molecule has 0 saturated carbocycles. The number of anilines is 1. The number of benzene rings is 1. The molecular formula is C18H15N3OS. The predicted octanol–water partition coefficient (Wildman–Crippen LogP) is 4.01. The van der Waals surface area contributed by atoms with Crippen LogP contribution >= 0.6 is 11.3 Å². The van der Waals surface area contributed by atoms with Crippen LogP contribution in [0.25, 0.3) is 0 Å². The third-order valence-corrected chi connectivity index (χ3v) is 5.24. The lowest BCUT2D eigenvalue weighted by Crippen LogP contribution is -2.11. The third-order valence-electron chi connectivity index (χ3n) is 4.04. The number of carbonyl (C=O) groups is 1. The first-order chi connectivity index (χ1) is 11.2. The van der Waals surface area contributed by atoms with E-state index in [9.17, 15) is 10.1 Å². The largest absolute Gasteiger partial charge is 0.312 e. The maximum absolute atomic E-state index is 12.4. The van der Waals surface area contributed by atoms with E-state index < -0.39 is 0 Å². The second-order valence-electron chi connectivity index (χ2n) is 5.52. The number of nitriles is 2. The summed E-state index contributed by atoms with van der Waals surface area (Å²) in [6, 6.07) is 10.8. The molecule has 0 atom stereocenters. The maximum Gasteiger partial charge on any atom is 0.256 e. The molecule has 1 aliphatic rings. The van der Waals surface area contributed by atoms with Crippen molar-refractivity contribution >= 4 is 22.2 Å². The van der Waals surface area contributed by atoms with Gasteiger partial charge in [0.05, 0.1) is 17.2 Å². The predicted molar refractivity (Wildman–Crippen MR) is 89.4 cm³/mol. The van der Waals surface area contributed by atoms with Gasteiger partial charge in [-0.25, -0.2) is 0 Å². The van der Waals surface area contributed by atoms with Crippen LogP contribution in [0.15, 0.2) is 24.3 Å². The van der Waals surface area contributed by atoms with Gasteiger partial charge >= 0.3 is 0 Å². The monoisotopic (exact) mass is 321 g/mol. The van der Waals surface area contributed by atoms with Crippen LogP contribution in [-0.2, 0) is 12.8 Å². The number of fused-ring (bicyclic) bond motifs is 1. The average Bonchev–Trinajstić information content (AvgIpc) is 2.74. The smallest absolute Gasteiger partial charge is 0.256 e. The van der Waals surface area contributed by atoms with E-state index in [0.29, 0.717) is 21.7 Å². The molecule has 1 N–H and O–H groups in total. The number of nitrogens with one attached hydrogen (secondary N) is 1. The van der Waals surface area contributed by atoms with Crippen molar-refractivity contribution in [1.29, 1.82) is 10.5 Å². The number of carbonyl (C=O) groups excluding carboxylic acids is 1. The Morgan fingerprint density at radius 2 is 1.78 bits per heavy atom. The van der Waals surface area contributed by atoms with Gasteiger partial charge in [0.2, 0.25) is 0 Å². The van der Waals surface area contributed by atoms with Crippen molar-refractivity contribution in [1.82, 2.24) is 0 Å². The number of amides is 1. The summed E-state index contributed by atoms with van der Waals surface area (Å²) >= 11 is 1.52.